The standard InChI is InChI=1S/C26H23ClN2O2/c1-17-10-18(2)12-21(11-17)16-31-24-8-5-20(6-9-24)13-22(15-28)26(30)29-23-7-4-19(3)25(27)14-23/h4-14H,16H2,1-3H3,(H,29,30)/b22-13+. The van der Waals surface area contributed by atoms with Gasteiger partial charge in [0.15, 0.2) is 0 Å². The number of rotatable bonds is 6. The van der Waals surface area contributed by atoms with Crippen LogP contribution < -0.4 is 10.1 Å². The number of aryl methyl sites for hydroxylation is 3. The van der Waals surface area contributed by atoms with Crippen molar-refractivity contribution < 1.29 is 9.53 Å². The molecule has 3 rings (SSSR count). The van der Waals surface area contributed by atoms with Crippen molar-refractivity contribution in [1.82, 2.24) is 0 Å². The fraction of sp³-hybridized carbons (Fsp3) is 0.154. The summed E-state index contributed by atoms with van der Waals surface area (Å²) in [6.45, 7) is 6.48. The van der Waals surface area contributed by atoms with E-state index in [4.69, 9.17) is 16.3 Å². The summed E-state index contributed by atoms with van der Waals surface area (Å²) < 4.78 is 5.86. The summed E-state index contributed by atoms with van der Waals surface area (Å²) in [5.41, 5.74) is 5.70. The Kier molecular flexibility index (Phi) is 7.12. The van der Waals surface area contributed by atoms with E-state index in [0.717, 1.165) is 16.7 Å². The van der Waals surface area contributed by atoms with Crippen molar-refractivity contribution in [2.24, 2.45) is 0 Å². The van der Waals surface area contributed by atoms with Crippen molar-refractivity contribution >= 4 is 29.3 Å². The second kappa shape index (κ2) is 9.97. The summed E-state index contributed by atoms with van der Waals surface area (Å²) in [6.07, 6.45) is 1.54. The molecule has 0 fully saturated rings. The van der Waals surface area contributed by atoms with Gasteiger partial charge in [0.1, 0.15) is 24.0 Å². The zero-order valence-corrected chi connectivity index (χ0v) is 18.5. The molecule has 0 bridgehead atoms. The van der Waals surface area contributed by atoms with E-state index in [0.29, 0.717) is 23.1 Å². The highest BCUT2D eigenvalue weighted by Gasteiger charge is 2.10. The molecule has 3 aromatic rings. The van der Waals surface area contributed by atoms with Gasteiger partial charge in [0.25, 0.3) is 5.91 Å². The van der Waals surface area contributed by atoms with Crippen molar-refractivity contribution in [2.45, 2.75) is 27.4 Å². The van der Waals surface area contributed by atoms with Crippen LogP contribution in [0.2, 0.25) is 5.02 Å². The van der Waals surface area contributed by atoms with Crippen LogP contribution >= 0.6 is 11.6 Å². The highest BCUT2D eigenvalue weighted by atomic mass is 35.5. The van der Waals surface area contributed by atoms with Crippen molar-refractivity contribution in [2.75, 3.05) is 5.32 Å². The zero-order chi connectivity index (χ0) is 22.4. The van der Waals surface area contributed by atoms with Crippen LogP contribution in [0.25, 0.3) is 6.08 Å². The smallest absolute Gasteiger partial charge is 0.266 e. The Morgan fingerprint density at radius 3 is 2.32 bits per heavy atom. The molecular weight excluding hydrogens is 408 g/mol. The fourth-order valence-electron chi connectivity index (χ4n) is 3.16. The van der Waals surface area contributed by atoms with Crippen LogP contribution in [0.4, 0.5) is 5.69 Å². The quantitative estimate of drug-likeness (QED) is 0.364. The lowest BCUT2D eigenvalue weighted by atomic mass is 10.1. The lowest BCUT2D eigenvalue weighted by molar-refractivity contribution is -0.112. The Bertz CT molecular complexity index is 1150. The van der Waals surface area contributed by atoms with Crippen molar-refractivity contribution in [3.8, 4) is 11.8 Å². The molecule has 0 radical (unpaired) electrons. The molecule has 0 aromatic heterocycles. The molecule has 3 aromatic carbocycles. The summed E-state index contributed by atoms with van der Waals surface area (Å²) in [5, 5.41) is 12.7. The molecule has 0 saturated carbocycles. The molecule has 156 valence electrons. The van der Waals surface area contributed by atoms with Gasteiger partial charge in [0, 0.05) is 10.7 Å². The fourth-order valence-corrected chi connectivity index (χ4v) is 3.34. The minimum absolute atomic E-state index is 0.000557. The van der Waals surface area contributed by atoms with E-state index in [1.165, 1.54) is 11.1 Å². The van der Waals surface area contributed by atoms with E-state index in [1.54, 1.807) is 18.2 Å². The molecule has 0 heterocycles. The average Bonchev–Trinajstić information content (AvgIpc) is 2.73. The van der Waals surface area contributed by atoms with Gasteiger partial charge in [-0.1, -0.05) is 59.1 Å². The van der Waals surface area contributed by atoms with Gasteiger partial charge in [-0.2, -0.15) is 5.26 Å². The number of nitrogens with zero attached hydrogens (tertiary/aromatic N) is 1. The number of anilines is 1. The third kappa shape index (κ3) is 6.21. The highest BCUT2D eigenvalue weighted by molar-refractivity contribution is 6.31. The van der Waals surface area contributed by atoms with Crippen LogP contribution in [-0.2, 0) is 11.4 Å². The van der Waals surface area contributed by atoms with Crippen LogP contribution in [0.15, 0.2) is 66.2 Å². The van der Waals surface area contributed by atoms with Gasteiger partial charge in [-0.3, -0.25) is 4.79 Å². The van der Waals surface area contributed by atoms with Crippen LogP contribution in [0.1, 0.15) is 27.8 Å². The molecule has 0 unspecified atom stereocenters. The van der Waals surface area contributed by atoms with E-state index in [-0.39, 0.29) is 5.57 Å². The molecule has 31 heavy (non-hydrogen) atoms. The van der Waals surface area contributed by atoms with Gasteiger partial charge in [0.05, 0.1) is 0 Å². The number of nitriles is 1. The number of ether oxygens (including phenoxy) is 1. The lowest BCUT2D eigenvalue weighted by Crippen LogP contribution is -2.13. The number of halogens is 1. The minimum atomic E-state index is -0.488. The SMILES string of the molecule is Cc1cc(C)cc(COc2ccc(/C=C(\C#N)C(=O)Nc3ccc(C)c(Cl)c3)cc2)c1. The van der Waals surface area contributed by atoms with Crippen LogP contribution in [-0.4, -0.2) is 5.91 Å². The monoisotopic (exact) mass is 430 g/mol. The van der Waals surface area contributed by atoms with Crippen molar-refractivity contribution in [1.29, 1.82) is 5.26 Å². The Labute approximate surface area is 187 Å². The van der Waals surface area contributed by atoms with Gasteiger partial charge in [-0.15, -0.1) is 0 Å². The van der Waals surface area contributed by atoms with E-state index < -0.39 is 5.91 Å². The number of amides is 1. The molecule has 0 aliphatic carbocycles. The summed E-state index contributed by atoms with van der Waals surface area (Å²) in [5.74, 6) is 0.228. The summed E-state index contributed by atoms with van der Waals surface area (Å²) >= 11 is 6.09. The first-order valence-electron chi connectivity index (χ1n) is 9.83. The van der Waals surface area contributed by atoms with E-state index in [1.807, 2.05) is 43.3 Å². The first-order chi connectivity index (χ1) is 14.8. The lowest BCUT2D eigenvalue weighted by Gasteiger charge is -2.09. The van der Waals surface area contributed by atoms with Crippen LogP contribution in [0.5, 0.6) is 5.75 Å². The first-order valence-corrected chi connectivity index (χ1v) is 10.2. The third-order valence-corrected chi connectivity index (χ3v) is 5.08. The topological polar surface area (TPSA) is 62.1 Å². The molecule has 0 spiro atoms. The van der Waals surface area contributed by atoms with E-state index in [2.05, 4.69) is 37.4 Å². The van der Waals surface area contributed by atoms with Crippen molar-refractivity contribution in [3.63, 3.8) is 0 Å². The predicted molar refractivity (Wildman–Crippen MR) is 125 cm³/mol. The third-order valence-electron chi connectivity index (χ3n) is 4.67. The van der Waals surface area contributed by atoms with Gasteiger partial charge in [-0.05, 0) is 67.8 Å². The molecule has 1 N–H and O–H groups in total. The van der Waals surface area contributed by atoms with Gasteiger partial charge in [-0.25, -0.2) is 0 Å². The normalized spacial score (nSPS) is 11.0. The van der Waals surface area contributed by atoms with E-state index in [9.17, 15) is 10.1 Å². The van der Waals surface area contributed by atoms with Gasteiger partial charge < -0.3 is 10.1 Å². The van der Waals surface area contributed by atoms with Gasteiger partial charge >= 0.3 is 0 Å². The first kappa shape index (κ1) is 22.1. The Hall–Kier alpha value is -3.55. The van der Waals surface area contributed by atoms with Crippen LogP contribution in [0.3, 0.4) is 0 Å². The minimum Gasteiger partial charge on any atom is -0.489 e. The molecule has 0 saturated heterocycles. The summed E-state index contributed by atoms with van der Waals surface area (Å²) in [4.78, 5) is 12.5. The Morgan fingerprint density at radius 1 is 1.03 bits per heavy atom. The number of carbonyl (C=O) groups is 1. The molecule has 0 aliphatic heterocycles. The molecule has 0 atom stereocenters. The molecular formula is C26H23ClN2O2. The maximum absolute atomic E-state index is 12.5. The highest BCUT2D eigenvalue weighted by Crippen LogP contribution is 2.21. The largest absolute Gasteiger partial charge is 0.489 e. The summed E-state index contributed by atoms with van der Waals surface area (Å²) in [7, 11) is 0. The molecule has 5 heteroatoms. The Balaban J connectivity index is 1.66. The molecule has 1 amide bonds. The second-order valence-electron chi connectivity index (χ2n) is 7.44. The van der Waals surface area contributed by atoms with Crippen molar-refractivity contribution in [3.05, 3.63) is 99.1 Å². The zero-order valence-electron chi connectivity index (χ0n) is 17.7. The number of hydrogen-bond donors (Lipinski definition) is 1. The predicted octanol–water partition coefficient (Wildman–Crippen LogP) is 6.39. The molecule has 4 nitrogen and oxygen atoms in total. The summed E-state index contributed by atoms with van der Waals surface area (Å²) in [6, 6.07) is 20.8. The number of carbonyl (C=O) groups excluding carboxylic acids is 1. The maximum atomic E-state index is 12.5. The number of nitrogens with one attached hydrogen (secondary N) is 1. The number of benzene rings is 3. The molecule has 0 aliphatic rings. The average molecular weight is 431 g/mol. The van der Waals surface area contributed by atoms with Crippen LogP contribution in [0, 0.1) is 32.1 Å². The van der Waals surface area contributed by atoms with Gasteiger partial charge in [0.2, 0.25) is 0 Å². The number of hydrogen-bond acceptors (Lipinski definition) is 3. The maximum Gasteiger partial charge on any atom is 0.266 e. The van der Waals surface area contributed by atoms with E-state index >= 15 is 0 Å². The second-order valence-corrected chi connectivity index (χ2v) is 7.85. The Morgan fingerprint density at radius 2 is 1.71 bits per heavy atom.